The smallest absolute Gasteiger partial charge is 0.309 e. The Bertz CT molecular complexity index is 296. The van der Waals surface area contributed by atoms with E-state index in [0.29, 0.717) is 12.8 Å². The Morgan fingerprint density at radius 1 is 1.47 bits per heavy atom. The molecule has 82 valence electrons. The maximum atomic E-state index is 11.6. The summed E-state index contributed by atoms with van der Waals surface area (Å²) in [6.45, 7) is -0.0107. The molecule has 1 aliphatic carbocycles. The molecule has 5 nitrogen and oxygen atoms in total. The van der Waals surface area contributed by atoms with E-state index in [9.17, 15) is 9.59 Å². The van der Waals surface area contributed by atoms with Gasteiger partial charge in [0.05, 0.1) is 25.0 Å². The van der Waals surface area contributed by atoms with Crippen LogP contribution in [0.15, 0.2) is 0 Å². The number of methoxy groups -OCH3 is 1. The number of nitrogens with one attached hydrogen (secondary N) is 1. The highest BCUT2D eigenvalue weighted by Gasteiger charge is 2.38. The molecule has 1 saturated carbocycles. The summed E-state index contributed by atoms with van der Waals surface area (Å²) >= 11 is 0. The molecule has 1 N–H and O–H groups in total. The number of nitrogens with zero attached hydrogens (tertiary/aromatic N) is 1. The molecule has 0 heterocycles. The number of nitriles is 1. The molecule has 0 aliphatic heterocycles. The van der Waals surface area contributed by atoms with Gasteiger partial charge in [0.15, 0.2) is 0 Å². The Morgan fingerprint density at radius 2 is 2.13 bits per heavy atom. The third-order valence-electron chi connectivity index (χ3n) is 2.70. The summed E-state index contributed by atoms with van der Waals surface area (Å²) in [5.41, 5.74) is 0. The van der Waals surface area contributed by atoms with Gasteiger partial charge in [0.25, 0.3) is 0 Å². The molecule has 1 fully saturated rings. The van der Waals surface area contributed by atoms with Gasteiger partial charge in [-0.25, -0.2) is 0 Å². The average Bonchev–Trinajstić information content (AvgIpc) is 2.73. The first-order valence-corrected chi connectivity index (χ1v) is 4.93. The molecule has 5 heteroatoms. The number of rotatable bonds is 3. The van der Waals surface area contributed by atoms with Crippen LogP contribution < -0.4 is 5.32 Å². The topological polar surface area (TPSA) is 79.2 Å². The highest BCUT2D eigenvalue weighted by molar-refractivity contribution is 5.85. The van der Waals surface area contributed by atoms with Crippen molar-refractivity contribution in [1.29, 1.82) is 5.26 Å². The summed E-state index contributed by atoms with van der Waals surface area (Å²) in [6, 6.07) is 1.83. The van der Waals surface area contributed by atoms with Crippen LogP contribution in [-0.2, 0) is 14.3 Å². The number of ether oxygens (including phenoxy) is 1. The van der Waals surface area contributed by atoms with Gasteiger partial charge in [0.2, 0.25) is 5.91 Å². The van der Waals surface area contributed by atoms with Gasteiger partial charge in [0.1, 0.15) is 6.54 Å². The number of hydrogen-bond donors (Lipinski definition) is 1. The van der Waals surface area contributed by atoms with Crippen LogP contribution in [0.3, 0.4) is 0 Å². The van der Waals surface area contributed by atoms with E-state index in [1.165, 1.54) is 7.11 Å². The van der Waals surface area contributed by atoms with E-state index in [1.54, 1.807) is 0 Å². The van der Waals surface area contributed by atoms with Crippen LogP contribution in [-0.4, -0.2) is 25.5 Å². The Balaban J connectivity index is 2.56. The quantitative estimate of drug-likeness (QED) is 0.533. The van der Waals surface area contributed by atoms with E-state index in [4.69, 9.17) is 5.26 Å². The molecule has 1 amide bonds. The number of carbonyl (C=O) groups is 2. The summed E-state index contributed by atoms with van der Waals surface area (Å²) in [7, 11) is 1.32. The Hall–Kier alpha value is -1.57. The van der Waals surface area contributed by atoms with Gasteiger partial charge in [-0.15, -0.1) is 0 Å². The van der Waals surface area contributed by atoms with Crippen molar-refractivity contribution in [3.8, 4) is 6.07 Å². The Kier molecular flexibility index (Phi) is 4.10. The largest absolute Gasteiger partial charge is 0.469 e. The Morgan fingerprint density at radius 3 is 2.73 bits per heavy atom. The van der Waals surface area contributed by atoms with Crippen LogP contribution in [0.25, 0.3) is 0 Å². The Labute approximate surface area is 88.4 Å². The van der Waals surface area contributed by atoms with E-state index in [1.807, 2.05) is 6.07 Å². The molecule has 1 rings (SSSR count). The molecule has 0 aromatic rings. The molecule has 0 aromatic carbocycles. The maximum absolute atomic E-state index is 11.6. The standard InChI is InChI=1S/C10H14N2O3/c1-15-10(14)8-4-2-3-7(8)9(13)12-6-5-11/h7-8H,2-4,6H2,1H3,(H,12,13)/t7-,8-/m0/s1. The molecule has 0 spiro atoms. The number of amides is 1. The van der Waals surface area contributed by atoms with Crippen LogP contribution >= 0.6 is 0 Å². The summed E-state index contributed by atoms with van der Waals surface area (Å²) < 4.78 is 4.64. The fourth-order valence-electron chi connectivity index (χ4n) is 1.97. The second kappa shape index (κ2) is 5.35. The van der Waals surface area contributed by atoms with Crippen LogP contribution in [0.5, 0.6) is 0 Å². The van der Waals surface area contributed by atoms with E-state index in [-0.39, 0.29) is 30.3 Å². The predicted molar refractivity (Wildman–Crippen MR) is 51.5 cm³/mol. The number of hydrogen-bond acceptors (Lipinski definition) is 4. The molecular weight excluding hydrogens is 196 g/mol. The van der Waals surface area contributed by atoms with Crippen molar-refractivity contribution in [2.45, 2.75) is 19.3 Å². The van der Waals surface area contributed by atoms with E-state index in [0.717, 1.165) is 6.42 Å². The van der Waals surface area contributed by atoms with Crippen molar-refractivity contribution < 1.29 is 14.3 Å². The summed E-state index contributed by atoms with van der Waals surface area (Å²) in [4.78, 5) is 22.9. The van der Waals surface area contributed by atoms with Gasteiger partial charge in [-0.05, 0) is 12.8 Å². The van der Waals surface area contributed by atoms with Crippen molar-refractivity contribution in [2.24, 2.45) is 11.8 Å². The van der Waals surface area contributed by atoms with Crippen molar-refractivity contribution in [2.75, 3.05) is 13.7 Å². The van der Waals surface area contributed by atoms with Crippen molar-refractivity contribution in [3.05, 3.63) is 0 Å². The maximum Gasteiger partial charge on any atom is 0.309 e. The van der Waals surface area contributed by atoms with Gasteiger partial charge < -0.3 is 10.1 Å². The highest BCUT2D eigenvalue weighted by Crippen LogP contribution is 2.32. The average molecular weight is 210 g/mol. The monoisotopic (exact) mass is 210 g/mol. The molecule has 1 aliphatic rings. The molecule has 0 aromatic heterocycles. The van der Waals surface area contributed by atoms with Crippen LogP contribution in [0.4, 0.5) is 0 Å². The van der Waals surface area contributed by atoms with Gasteiger partial charge in [-0.2, -0.15) is 5.26 Å². The van der Waals surface area contributed by atoms with Crippen LogP contribution in [0.2, 0.25) is 0 Å². The predicted octanol–water partition coefficient (Wildman–Crippen LogP) is 0.215. The zero-order valence-corrected chi connectivity index (χ0v) is 8.66. The lowest BCUT2D eigenvalue weighted by Gasteiger charge is -2.15. The summed E-state index contributed by atoms with van der Waals surface area (Å²) in [5, 5.41) is 10.8. The van der Waals surface area contributed by atoms with Gasteiger partial charge >= 0.3 is 5.97 Å². The fourth-order valence-corrected chi connectivity index (χ4v) is 1.97. The summed E-state index contributed by atoms with van der Waals surface area (Å²) in [6.07, 6.45) is 2.23. The van der Waals surface area contributed by atoms with Gasteiger partial charge in [-0.1, -0.05) is 6.42 Å². The zero-order chi connectivity index (χ0) is 11.3. The van der Waals surface area contributed by atoms with Crippen LogP contribution in [0, 0.1) is 23.2 Å². The second-order valence-corrected chi connectivity index (χ2v) is 3.54. The highest BCUT2D eigenvalue weighted by atomic mass is 16.5. The van der Waals surface area contributed by atoms with E-state index >= 15 is 0 Å². The SMILES string of the molecule is COC(=O)[C@H]1CCC[C@@H]1C(=O)NCC#N. The summed E-state index contributed by atoms with van der Waals surface area (Å²) in [5.74, 6) is -1.21. The van der Waals surface area contributed by atoms with Gasteiger partial charge in [0, 0.05) is 0 Å². The molecule has 0 bridgehead atoms. The minimum atomic E-state index is -0.339. The molecule has 0 radical (unpaired) electrons. The molecule has 0 unspecified atom stereocenters. The first kappa shape index (κ1) is 11.5. The number of carbonyl (C=O) groups excluding carboxylic acids is 2. The first-order chi connectivity index (χ1) is 7.20. The van der Waals surface area contributed by atoms with E-state index in [2.05, 4.69) is 10.1 Å². The fraction of sp³-hybridized carbons (Fsp3) is 0.700. The van der Waals surface area contributed by atoms with E-state index < -0.39 is 0 Å². The lowest BCUT2D eigenvalue weighted by molar-refractivity contribution is -0.149. The normalized spacial score (nSPS) is 24.3. The molecule has 2 atom stereocenters. The first-order valence-electron chi connectivity index (χ1n) is 4.93. The van der Waals surface area contributed by atoms with Crippen molar-refractivity contribution in [3.63, 3.8) is 0 Å². The third-order valence-corrected chi connectivity index (χ3v) is 2.70. The minimum Gasteiger partial charge on any atom is -0.469 e. The van der Waals surface area contributed by atoms with Crippen molar-refractivity contribution >= 4 is 11.9 Å². The molecular formula is C10H14N2O3. The zero-order valence-electron chi connectivity index (χ0n) is 8.66. The number of esters is 1. The molecule has 15 heavy (non-hydrogen) atoms. The lowest BCUT2D eigenvalue weighted by atomic mass is 9.95. The second-order valence-electron chi connectivity index (χ2n) is 3.54. The van der Waals surface area contributed by atoms with Crippen LogP contribution in [0.1, 0.15) is 19.3 Å². The lowest BCUT2D eigenvalue weighted by Crippen LogP contribution is -2.35. The minimum absolute atomic E-state index is 0.0107. The van der Waals surface area contributed by atoms with Gasteiger partial charge in [-0.3, -0.25) is 9.59 Å². The molecule has 0 saturated heterocycles. The van der Waals surface area contributed by atoms with Crippen molar-refractivity contribution in [1.82, 2.24) is 5.32 Å². The third kappa shape index (κ3) is 2.69.